The van der Waals surface area contributed by atoms with Gasteiger partial charge in [0.2, 0.25) is 23.6 Å². The Hall–Kier alpha value is -3.04. The highest BCUT2D eigenvalue weighted by Gasteiger charge is 2.85. The predicted molar refractivity (Wildman–Crippen MR) is 224 cm³/mol. The Morgan fingerprint density at radius 2 is 1.53 bits per heavy atom. The molecule has 7 fully saturated rings. The van der Waals surface area contributed by atoms with Gasteiger partial charge in [0, 0.05) is 46.6 Å². The van der Waals surface area contributed by atoms with Gasteiger partial charge in [-0.05, 0) is 107 Å². The summed E-state index contributed by atoms with van der Waals surface area (Å²) in [6, 6.07) is -7.90. The number of rotatable bonds is 13. The van der Waals surface area contributed by atoms with Crippen LogP contribution >= 0.6 is 0 Å². The zero-order valence-electron chi connectivity index (χ0n) is 42.6. The molecule has 0 aromatic rings. The van der Waals surface area contributed by atoms with Crippen LogP contribution < -0.4 is 20.7 Å². The third-order valence-electron chi connectivity index (χ3n) is 16.0. The van der Waals surface area contributed by atoms with E-state index in [1.807, 2.05) is 0 Å². The molecule has 3 saturated heterocycles. The number of amides is 5. The Morgan fingerprint density at radius 3 is 2.08 bits per heavy atom. The van der Waals surface area contributed by atoms with Crippen molar-refractivity contribution in [3.63, 3.8) is 0 Å². The lowest BCUT2D eigenvalue weighted by Crippen LogP contribution is -2.63. The van der Waals surface area contributed by atoms with E-state index in [0.717, 1.165) is 43.4 Å². The molecule has 0 bridgehead atoms. The summed E-state index contributed by atoms with van der Waals surface area (Å²) >= 11 is 0. The number of carbonyl (C=O) groups excluding carboxylic acids is 5. The average molecular weight is 849 g/mol. The Bertz CT molecular complexity index is 2070. The Morgan fingerprint density at radius 1 is 0.847 bits per heavy atom. The zero-order chi connectivity index (χ0) is 48.8. The number of nitrogens with zero attached hydrogens (tertiary/aromatic N) is 3. The summed E-state index contributed by atoms with van der Waals surface area (Å²) in [6.07, 6.45) is 10.1. The second kappa shape index (κ2) is 15.7. The molecule has 3 heterocycles. The molecule has 15 heteroatoms. The summed E-state index contributed by atoms with van der Waals surface area (Å²) < 4.78 is 87.1. The minimum Gasteiger partial charge on any atom is -0.343 e. The van der Waals surface area contributed by atoms with Gasteiger partial charge in [-0.15, -0.1) is 6.58 Å². The second-order valence-electron chi connectivity index (χ2n) is 20.3. The maximum atomic E-state index is 15.4. The molecular formula is C44H71N7O7S. The number of fused-ring (bicyclic) bond motifs is 1. The van der Waals surface area contributed by atoms with Crippen molar-refractivity contribution in [3.8, 4) is 0 Å². The molecule has 7 rings (SSSR count). The van der Waals surface area contributed by atoms with E-state index in [9.17, 15) is 27.6 Å². The maximum absolute atomic E-state index is 15.4. The van der Waals surface area contributed by atoms with Crippen molar-refractivity contribution in [1.29, 1.82) is 0 Å². The third kappa shape index (κ3) is 7.44. The lowest BCUT2D eigenvalue weighted by atomic mass is 9.73. The molecule has 59 heavy (non-hydrogen) atoms. The van der Waals surface area contributed by atoms with Crippen molar-refractivity contribution in [3.05, 3.63) is 12.7 Å². The van der Waals surface area contributed by atoms with E-state index in [2.05, 4.69) is 41.1 Å². The van der Waals surface area contributed by atoms with E-state index in [4.69, 9.17) is 9.60 Å². The second-order valence-corrected chi connectivity index (χ2v) is 21.9. The lowest BCUT2D eigenvalue weighted by molar-refractivity contribution is -0.145. The minimum atomic E-state index is -4.18. The van der Waals surface area contributed by atoms with E-state index < -0.39 is 106 Å². The quantitative estimate of drug-likeness (QED) is 0.203. The first-order valence-corrected chi connectivity index (χ1v) is 23.4. The van der Waals surface area contributed by atoms with Crippen LogP contribution in [0.1, 0.15) is 148 Å². The summed E-state index contributed by atoms with van der Waals surface area (Å²) in [7, 11) is -4.18. The molecule has 0 radical (unpaired) electrons. The van der Waals surface area contributed by atoms with Gasteiger partial charge in [-0.2, -0.15) is 12.7 Å². The number of carbonyl (C=O) groups is 5. The molecule has 4 saturated carbocycles. The molecule has 1 unspecified atom stereocenters. The number of nitrogens with one attached hydrogen (secondary N) is 4. The van der Waals surface area contributed by atoms with Gasteiger partial charge in [-0.1, -0.05) is 66.4 Å². The Labute approximate surface area is 362 Å². The van der Waals surface area contributed by atoms with Gasteiger partial charge < -0.3 is 20.9 Å². The highest BCUT2D eigenvalue weighted by molar-refractivity contribution is 7.87. The van der Waals surface area contributed by atoms with Crippen LogP contribution in [0.3, 0.4) is 0 Å². The van der Waals surface area contributed by atoms with Crippen LogP contribution in [0.2, 0.25) is 0 Å². The van der Waals surface area contributed by atoms with Gasteiger partial charge in [-0.25, -0.2) is 4.72 Å². The predicted octanol–water partition coefficient (Wildman–Crippen LogP) is 3.77. The molecule has 5 amide bonds. The summed E-state index contributed by atoms with van der Waals surface area (Å²) in [4.78, 5) is 75.6. The van der Waals surface area contributed by atoms with Crippen molar-refractivity contribution in [2.45, 2.75) is 174 Å². The first kappa shape index (κ1) is 35.5. The molecule has 0 aromatic heterocycles. The van der Waals surface area contributed by atoms with Gasteiger partial charge in [0.25, 0.3) is 5.91 Å². The van der Waals surface area contributed by atoms with Crippen molar-refractivity contribution in [1.82, 2.24) is 34.8 Å². The van der Waals surface area contributed by atoms with Crippen LogP contribution in [-0.4, -0.2) is 114 Å². The van der Waals surface area contributed by atoms with Gasteiger partial charge in [-0.3, -0.25) is 28.9 Å². The fourth-order valence-electron chi connectivity index (χ4n) is 12.1. The fourth-order valence-corrected chi connectivity index (χ4v) is 13.4. The molecule has 14 nitrogen and oxygen atoms in total. The normalized spacial score (nSPS) is 35.0. The molecule has 4 N–H and O–H groups in total. The van der Waals surface area contributed by atoms with E-state index in [1.165, 1.54) is 15.3 Å². The highest BCUT2D eigenvalue weighted by atomic mass is 32.2. The SMILES string of the molecule is [2H]C([2H])([2H])C([2H])(N1CCC[C@H]1C(=O)NC(C(=O)N[C@H](C(=O)N1C[C@]2(C[C@H]1C(=O)N[C@]1(C(=O)NS(=O)(=O)N3CCCC3)C[C@H]1C=C)C(C)(C)C21CCC1)C(C)(C)C)C1CCCCC1)C([2H])([2H])[2H]. The first-order valence-electron chi connectivity index (χ1n) is 25.4. The number of hydrogen-bond donors (Lipinski definition) is 4. The van der Waals surface area contributed by atoms with Gasteiger partial charge in [0.05, 0.1) is 6.04 Å². The monoisotopic (exact) mass is 849 g/mol. The largest absolute Gasteiger partial charge is 0.343 e. The van der Waals surface area contributed by atoms with E-state index in [0.29, 0.717) is 32.1 Å². The first-order chi connectivity index (χ1) is 30.5. The van der Waals surface area contributed by atoms with E-state index >= 15 is 4.79 Å². The summed E-state index contributed by atoms with van der Waals surface area (Å²) in [5.74, 6) is -4.37. The molecule has 7 aliphatic rings. The average Bonchev–Trinajstić information content (AvgIpc) is 3.61. The Balaban J connectivity index is 1.16. The molecule has 2 spiro atoms. The molecule has 4 aliphatic carbocycles. The van der Waals surface area contributed by atoms with Gasteiger partial charge in [0.15, 0.2) is 0 Å². The topological polar surface area (TPSA) is 177 Å². The van der Waals surface area contributed by atoms with Crippen molar-refractivity contribution in [2.75, 3.05) is 26.2 Å². The standard InChI is InChI=1S/C44H71N7O7S/c1-9-30-25-44(30,39(56)48-59(57,58)49-22-13-14-23-49)47-36(53)32-26-43(41(7,8)42(43)20-16-21-42)27-51(32)38(55)34(40(4,5)6)46-37(54)33(29-17-11-10-12-18-29)45-35(52)31-19-15-24-50(31)28(2)3/h9,28-34H,1,10-27H2,2-8H3,(H,45,52)(H,46,54)(H,47,53)(H,48,56)/t30-,31+,32+,33?,34-,43-,44-/m1/s1/i2D3,3D3,28D. The van der Waals surface area contributed by atoms with Crippen LogP contribution in [-0.2, 0) is 34.2 Å². The van der Waals surface area contributed by atoms with Crippen LogP contribution in [0.25, 0.3) is 0 Å². The zero-order valence-corrected chi connectivity index (χ0v) is 36.4. The molecule has 0 aromatic carbocycles. The smallest absolute Gasteiger partial charge is 0.303 e. The summed E-state index contributed by atoms with van der Waals surface area (Å²) in [5, 5.41) is 8.74. The molecule has 3 aliphatic heterocycles. The van der Waals surface area contributed by atoms with E-state index in [1.54, 1.807) is 20.8 Å². The minimum absolute atomic E-state index is 0.0729. The highest BCUT2D eigenvalue weighted by Crippen LogP contribution is 2.88. The molecular weight excluding hydrogens is 771 g/mol. The lowest BCUT2D eigenvalue weighted by Gasteiger charge is -2.38. The van der Waals surface area contributed by atoms with Crippen LogP contribution in [0.4, 0.5) is 0 Å². The number of likely N-dealkylation sites (tertiary alicyclic amines) is 2. The van der Waals surface area contributed by atoms with E-state index in [-0.39, 0.29) is 62.2 Å². The molecule has 330 valence electrons. The van der Waals surface area contributed by atoms with Crippen molar-refractivity contribution >= 4 is 39.7 Å². The number of hydrogen-bond acceptors (Lipinski definition) is 8. The fraction of sp³-hybridized carbons (Fsp3) is 0.841. The summed E-state index contributed by atoms with van der Waals surface area (Å²) in [5.41, 5.74) is -3.35. The van der Waals surface area contributed by atoms with Crippen LogP contribution in [0.5, 0.6) is 0 Å². The third-order valence-corrected chi connectivity index (χ3v) is 17.5. The maximum Gasteiger partial charge on any atom is 0.303 e. The van der Waals surface area contributed by atoms with Crippen LogP contribution in [0.15, 0.2) is 12.7 Å². The van der Waals surface area contributed by atoms with Gasteiger partial charge >= 0.3 is 10.2 Å². The van der Waals surface area contributed by atoms with Crippen LogP contribution in [0, 0.1) is 33.5 Å². The molecule has 7 atom stereocenters. The van der Waals surface area contributed by atoms with Crippen molar-refractivity contribution in [2.24, 2.45) is 33.5 Å². The van der Waals surface area contributed by atoms with Crippen molar-refractivity contribution < 1.29 is 42.0 Å². The summed E-state index contributed by atoms with van der Waals surface area (Å²) in [6.45, 7) is 7.55. The Kier molecular flexibility index (Phi) is 9.46. The van der Waals surface area contributed by atoms with Gasteiger partial charge in [0.1, 0.15) is 23.7 Å².